The van der Waals surface area contributed by atoms with Crippen molar-refractivity contribution in [2.45, 2.75) is 18.8 Å². The zero-order valence-electron chi connectivity index (χ0n) is 32.1. The highest BCUT2D eigenvalue weighted by molar-refractivity contribution is 6.24. The monoisotopic (exact) mass is 786 g/mol. The van der Waals surface area contributed by atoms with Gasteiger partial charge in [-0.25, -0.2) is 0 Å². The highest BCUT2D eigenvalue weighted by Crippen LogP contribution is 2.61. The molecule has 0 aromatic heterocycles. The number of fused-ring (bicyclic) bond motifs is 4. The average Bonchev–Trinajstić information content (AvgIpc) is 3.68. The smallest absolute Gasteiger partial charge is 0.238 e. The SMILES string of the molecule is COc1cc(O)cc(OC)c1[C@H]1C2=CC[C@@H]3C(=O)N(c4ccc(C(=O)c5ccccc5)cc4)C(=O)[C@@H]3[C@@H]2C[C@H]2C(=O)N(c3ccc(C(=O)c4ccccc4)cc3)C(=O)[C@@H]12. The lowest BCUT2D eigenvalue weighted by Crippen LogP contribution is -2.43. The number of amides is 4. The molecule has 2 aliphatic carbocycles. The zero-order chi connectivity index (χ0) is 41.1. The number of ketones is 2. The molecule has 59 heavy (non-hydrogen) atoms. The molecule has 0 radical (unpaired) electrons. The molecule has 0 bridgehead atoms. The summed E-state index contributed by atoms with van der Waals surface area (Å²) < 4.78 is 11.6. The Bertz CT molecular complexity index is 2560. The molecule has 2 heterocycles. The van der Waals surface area contributed by atoms with Crippen molar-refractivity contribution in [1.29, 1.82) is 0 Å². The van der Waals surface area contributed by atoms with Crippen molar-refractivity contribution in [3.05, 3.63) is 161 Å². The minimum atomic E-state index is -0.947. The number of rotatable bonds is 9. The fourth-order valence-electron chi connectivity index (χ4n) is 9.69. The minimum Gasteiger partial charge on any atom is -0.508 e. The molecule has 3 fully saturated rings. The van der Waals surface area contributed by atoms with Crippen LogP contribution in [-0.2, 0) is 19.2 Å². The summed E-state index contributed by atoms with van der Waals surface area (Å²) in [5.41, 5.74) is 3.60. The van der Waals surface area contributed by atoms with Crippen LogP contribution in [0.3, 0.4) is 0 Å². The van der Waals surface area contributed by atoms with Gasteiger partial charge in [0.2, 0.25) is 23.6 Å². The minimum absolute atomic E-state index is 0.125. The van der Waals surface area contributed by atoms with Crippen molar-refractivity contribution in [2.24, 2.45) is 29.6 Å². The maximum Gasteiger partial charge on any atom is 0.238 e. The summed E-state index contributed by atoms with van der Waals surface area (Å²) in [6, 6.07) is 33.2. The van der Waals surface area contributed by atoms with Crippen LogP contribution in [0.1, 0.15) is 56.2 Å². The van der Waals surface area contributed by atoms with Crippen LogP contribution >= 0.6 is 0 Å². The quantitative estimate of drug-likeness (QED) is 0.0956. The predicted octanol–water partition coefficient (Wildman–Crippen LogP) is 6.92. The van der Waals surface area contributed by atoms with Gasteiger partial charge in [-0.15, -0.1) is 0 Å². The molecule has 0 spiro atoms. The van der Waals surface area contributed by atoms with E-state index in [1.54, 1.807) is 97.1 Å². The lowest BCUT2D eigenvalue weighted by molar-refractivity contribution is -0.126. The summed E-state index contributed by atoms with van der Waals surface area (Å²) in [5, 5.41) is 10.6. The Morgan fingerprint density at radius 1 is 0.559 bits per heavy atom. The van der Waals surface area contributed by atoms with Gasteiger partial charge in [-0.1, -0.05) is 72.3 Å². The van der Waals surface area contributed by atoms with Crippen LogP contribution in [0.2, 0.25) is 0 Å². The fourth-order valence-corrected chi connectivity index (χ4v) is 9.69. The summed E-state index contributed by atoms with van der Waals surface area (Å²) >= 11 is 0. The third kappa shape index (κ3) is 6.03. The van der Waals surface area contributed by atoms with Gasteiger partial charge in [0.15, 0.2) is 11.6 Å². The standard InChI is InChI=1S/C48H38N2O9/c1-58-37-23-32(51)24-38(59-2)42(37)40-33-21-22-34-39(47(56)49(45(34)54)30-17-13-28(14-18-30)43(52)26-9-5-3-6-10-26)35(33)25-36-41(40)48(57)50(46(36)55)31-19-15-29(16-20-31)44(53)27-11-7-4-8-12-27/h3-21,23-24,34-36,39-41,51H,22,25H2,1-2H3/t34-,35+,36+,39-,40-,41+/m0/s1. The van der Waals surface area contributed by atoms with E-state index in [1.807, 2.05) is 18.2 Å². The molecule has 4 aliphatic rings. The first kappa shape index (κ1) is 37.4. The number of hydrogen-bond donors (Lipinski definition) is 1. The van der Waals surface area contributed by atoms with Gasteiger partial charge in [0.05, 0.1) is 49.3 Å². The second kappa shape index (κ2) is 14.7. The normalized spacial score (nSPS) is 23.3. The number of nitrogens with zero attached hydrogens (tertiary/aromatic N) is 2. The number of carbonyl (C=O) groups excluding carboxylic acids is 6. The number of phenolic OH excluding ortho intramolecular Hbond substituents is 1. The van der Waals surface area contributed by atoms with E-state index in [4.69, 9.17) is 9.47 Å². The van der Waals surface area contributed by atoms with Crippen LogP contribution in [0.25, 0.3) is 0 Å². The van der Waals surface area contributed by atoms with Gasteiger partial charge in [0.25, 0.3) is 0 Å². The van der Waals surface area contributed by atoms with E-state index in [-0.39, 0.29) is 47.6 Å². The number of phenols is 1. The first-order valence-electron chi connectivity index (χ1n) is 19.4. The molecule has 2 aliphatic heterocycles. The first-order valence-corrected chi connectivity index (χ1v) is 19.4. The molecule has 0 unspecified atom stereocenters. The van der Waals surface area contributed by atoms with Gasteiger partial charge in [-0.3, -0.25) is 38.6 Å². The Hall–Kier alpha value is -7.14. The molecule has 5 aromatic carbocycles. The van der Waals surface area contributed by atoms with Crippen molar-refractivity contribution in [3.63, 3.8) is 0 Å². The number of imide groups is 2. The number of anilines is 2. The number of allylic oxidation sites excluding steroid dienone is 2. The molecule has 9 rings (SSSR count). The maximum atomic E-state index is 14.8. The molecular weight excluding hydrogens is 749 g/mol. The second-order valence-electron chi connectivity index (χ2n) is 15.3. The lowest BCUT2D eigenvalue weighted by atomic mass is 9.57. The van der Waals surface area contributed by atoms with Crippen molar-refractivity contribution in [2.75, 3.05) is 24.0 Å². The molecule has 2 saturated heterocycles. The topological polar surface area (TPSA) is 148 Å². The van der Waals surface area contributed by atoms with E-state index in [0.717, 1.165) is 4.90 Å². The highest BCUT2D eigenvalue weighted by atomic mass is 16.5. The van der Waals surface area contributed by atoms with Crippen LogP contribution in [0.15, 0.2) is 133 Å². The Morgan fingerprint density at radius 2 is 1.00 bits per heavy atom. The molecule has 11 nitrogen and oxygen atoms in total. The van der Waals surface area contributed by atoms with Crippen LogP contribution < -0.4 is 19.3 Å². The van der Waals surface area contributed by atoms with Crippen LogP contribution in [0, 0.1) is 29.6 Å². The van der Waals surface area contributed by atoms with E-state index in [2.05, 4.69) is 0 Å². The number of ether oxygens (including phenoxy) is 2. The molecule has 1 N–H and O–H groups in total. The Labute approximate surface area is 339 Å². The number of hydrogen-bond acceptors (Lipinski definition) is 9. The van der Waals surface area contributed by atoms with Crippen LogP contribution in [-0.4, -0.2) is 54.5 Å². The van der Waals surface area contributed by atoms with E-state index in [9.17, 15) is 33.9 Å². The Kier molecular flexibility index (Phi) is 9.30. The Morgan fingerprint density at radius 3 is 1.47 bits per heavy atom. The van der Waals surface area contributed by atoms with Gasteiger partial charge >= 0.3 is 0 Å². The van der Waals surface area contributed by atoms with Gasteiger partial charge in [-0.2, -0.15) is 0 Å². The summed E-state index contributed by atoms with van der Waals surface area (Å²) in [6.45, 7) is 0. The molecule has 1 saturated carbocycles. The molecule has 294 valence electrons. The Balaban J connectivity index is 1.09. The van der Waals surface area contributed by atoms with Gasteiger partial charge < -0.3 is 14.6 Å². The fraction of sp³-hybridized carbons (Fsp3) is 0.208. The summed E-state index contributed by atoms with van der Waals surface area (Å²) in [7, 11) is 2.87. The predicted molar refractivity (Wildman–Crippen MR) is 216 cm³/mol. The van der Waals surface area contributed by atoms with Crippen molar-refractivity contribution < 1.29 is 43.3 Å². The third-order valence-corrected chi connectivity index (χ3v) is 12.3. The molecule has 6 atom stereocenters. The van der Waals surface area contributed by atoms with Gasteiger partial charge in [-0.05, 0) is 67.3 Å². The van der Waals surface area contributed by atoms with Gasteiger partial charge in [0, 0.05) is 45.9 Å². The number of carbonyl (C=O) groups is 6. The molecule has 5 aromatic rings. The maximum absolute atomic E-state index is 14.8. The van der Waals surface area contributed by atoms with Crippen LogP contribution in [0.4, 0.5) is 11.4 Å². The van der Waals surface area contributed by atoms with Crippen molar-refractivity contribution in [3.8, 4) is 17.2 Å². The summed E-state index contributed by atoms with van der Waals surface area (Å²) in [5.74, 6) is -6.65. The number of aromatic hydroxyl groups is 1. The first-order chi connectivity index (χ1) is 28.6. The zero-order valence-corrected chi connectivity index (χ0v) is 32.1. The van der Waals surface area contributed by atoms with E-state index in [0.29, 0.717) is 44.8 Å². The lowest BCUT2D eigenvalue weighted by Gasteiger charge is -2.44. The summed E-state index contributed by atoms with van der Waals surface area (Å²) in [6.07, 6.45) is 2.25. The van der Waals surface area contributed by atoms with E-state index in [1.165, 1.54) is 31.3 Å². The average molecular weight is 787 g/mol. The van der Waals surface area contributed by atoms with E-state index < -0.39 is 53.2 Å². The van der Waals surface area contributed by atoms with Crippen LogP contribution in [0.5, 0.6) is 17.2 Å². The van der Waals surface area contributed by atoms with Crippen molar-refractivity contribution in [1.82, 2.24) is 0 Å². The largest absolute Gasteiger partial charge is 0.508 e. The highest BCUT2D eigenvalue weighted by Gasteiger charge is 2.63. The van der Waals surface area contributed by atoms with E-state index >= 15 is 0 Å². The number of benzene rings is 5. The van der Waals surface area contributed by atoms with Gasteiger partial charge in [0.1, 0.15) is 17.2 Å². The molecule has 11 heteroatoms. The number of methoxy groups -OCH3 is 2. The summed E-state index contributed by atoms with van der Waals surface area (Å²) in [4.78, 5) is 86.9. The molecular formula is C48H38N2O9. The second-order valence-corrected chi connectivity index (χ2v) is 15.3. The molecule has 4 amide bonds. The van der Waals surface area contributed by atoms with Crippen molar-refractivity contribution >= 4 is 46.6 Å². The third-order valence-electron chi connectivity index (χ3n) is 12.3.